The first-order valence-electron chi connectivity index (χ1n) is 7.15. The Morgan fingerprint density at radius 2 is 2.12 bits per heavy atom. The van der Waals surface area contributed by atoms with Crippen molar-refractivity contribution in [2.24, 2.45) is 0 Å². The molecule has 0 atom stereocenters. The van der Waals surface area contributed by atoms with Crippen molar-refractivity contribution in [3.05, 3.63) is 60.8 Å². The van der Waals surface area contributed by atoms with E-state index in [0.29, 0.717) is 17.0 Å². The molecule has 3 rings (SSSR count). The fourth-order valence-electron chi connectivity index (χ4n) is 2.19. The Kier molecular flexibility index (Phi) is 4.22. The molecule has 0 spiro atoms. The number of nitrogens with one attached hydrogen (secondary N) is 1. The zero-order chi connectivity index (χ0) is 18.0. The van der Waals surface area contributed by atoms with Crippen LogP contribution in [-0.2, 0) is 17.5 Å². The average Bonchev–Trinajstić information content (AvgIpc) is 3.06. The lowest BCUT2D eigenvalue weighted by Crippen LogP contribution is -2.21. The molecule has 9 heteroatoms. The molecule has 1 N–H and O–H groups in total. The van der Waals surface area contributed by atoms with Crippen molar-refractivity contribution in [3.8, 4) is 11.4 Å². The molecule has 0 aliphatic heterocycles. The summed E-state index contributed by atoms with van der Waals surface area (Å²) in [6.45, 7) is 3.49. The van der Waals surface area contributed by atoms with Gasteiger partial charge in [-0.05, 0) is 18.2 Å². The molecule has 0 aliphatic rings. The van der Waals surface area contributed by atoms with Crippen LogP contribution in [0.1, 0.15) is 11.3 Å². The number of pyridine rings is 1. The lowest BCUT2D eigenvalue weighted by molar-refractivity contribution is -0.137. The predicted molar refractivity (Wildman–Crippen MR) is 83.3 cm³/mol. The molecule has 0 saturated heterocycles. The first-order valence-corrected chi connectivity index (χ1v) is 7.15. The minimum Gasteiger partial charge on any atom is -0.347 e. The molecule has 0 radical (unpaired) electrons. The van der Waals surface area contributed by atoms with E-state index in [9.17, 15) is 18.0 Å². The average molecular weight is 347 g/mol. The fraction of sp³-hybridized carbons (Fsp3) is 0.125. The highest BCUT2D eigenvalue weighted by Crippen LogP contribution is 2.30. The third-order valence-corrected chi connectivity index (χ3v) is 3.39. The van der Waals surface area contributed by atoms with Crippen molar-refractivity contribution >= 4 is 11.6 Å². The van der Waals surface area contributed by atoms with E-state index in [1.807, 2.05) is 0 Å². The normalized spacial score (nSPS) is 11.5. The van der Waals surface area contributed by atoms with Crippen LogP contribution < -0.4 is 5.32 Å². The minimum absolute atomic E-state index is 0.132. The zero-order valence-electron chi connectivity index (χ0n) is 12.8. The van der Waals surface area contributed by atoms with Crippen LogP contribution in [0.3, 0.4) is 0 Å². The summed E-state index contributed by atoms with van der Waals surface area (Å²) in [4.78, 5) is 23.7. The summed E-state index contributed by atoms with van der Waals surface area (Å²) in [6, 6.07) is 2.18. The molecular formula is C16H12F3N5O. The van der Waals surface area contributed by atoms with Crippen molar-refractivity contribution in [2.75, 3.05) is 0 Å². The highest BCUT2D eigenvalue weighted by Gasteiger charge is 2.30. The Morgan fingerprint density at radius 1 is 1.32 bits per heavy atom. The minimum atomic E-state index is -4.46. The van der Waals surface area contributed by atoms with Crippen LogP contribution in [0.4, 0.5) is 13.2 Å². The van der Waals surface area contributed by atoms with E-state index < -0.39 is 11.7 Å². The maximum absolute atomic E-state index is 12.7. The number of carbonyl (C=O) groups excluding carboxylic acids is 1. The summed E-state index contributed by atoms with van der Waals surface area (Å²) in [5.41, 5.74) is 0.679. The maximum atomic E-state index is 12.7. The second kappa shape index (κ2) is 6.34. The van der Waals surface area contributed by atoms with Gasteiger partial charge in [0, 0.05) is 24.8 Å². The highest BCUT2D eigenvalue weighted by molar-refractivity contribution is 5.86. The van der Waals surface area contributed by atoms with Gasteiger partial charge in [0.1, 0.15) is 5.69 Å². The van der Waals surface area contributed by atoms with Gasteiger partial charge in [-0.2, -0.15) is 13.2 Å². The van der Waals surface area contributed by atoms with Crippen LogP contribution in [0.25, 0.3) is 17.0 Å². The Hall–Kier alpha value is -3.23. The lowest BCUT2D eigenvalue weighted by atomic mass is 10.2. The lowest BCUT2D eigenvalue weighted by Gasteiger charge is -2.09. The Bertz CT molecular complexity index is 931. The second-order valence-corrected chi connectivity index (χ2v) is 5.09. The number of imidazole rings is 1. The van der Waals surface area contributed by atoms with E-state index in [1.165, 1.54) is 12.3 Å². The summed E-state index contributed by atoms with van der Waals surface area (Å²) < 4.78 is 39.7. The molecule has 3 heterocycles. The first-order chi connectivity index (χ1) is 11.9. The third kappa shape index (κ3) is 3.49. The third-order valence-electron chi connectivity index (χ3n) is 3.39. The van der Waals surface area contributed by atoms with E-state index in [4.69, 9.17) is 0 Å². The van der Waals surface area contributed by atoms with E-state index >= 15 is 0 Å². The monoisotopic (exact) mass is 347 g/mol. The maximum Gasteiger partial charge on any atom is 0.417 e. The van der Waals surface area contributed by atoms with Gasteiger partial charge in [-0.1, -0.05) is 6.58 Å². The van der Waals surface area contributed by atoms with E-state index in [1.54, 1.807) is 16.8 Å². The number of alkyl halides is 3. The van der Waals surface area contributed by atoms with Crippen LogP contribution in [-0.4, -0.2) is 25.3 Å². The molecule has 6 nitrogen and oxygen atoms in total. The number of amides is 1. The quantitative estimate of drug-likeness (QED) is 0.737. The largest absolute Gasteiger partial charge is 0.417 e. The fourth-order valence-corrected chi connectivity index (χ4v) is 2.19. The molecule has 0 saturated carbocycles. The molecule has 0 unspecified atom stereocenters. The van der Waals surface area contributed by atoms with Crippen molar-refractivity contribution in [3.63, 3.8) is 0 Å². The molecule has 0 fully saturated rings. The molecular weight excluding hydrogens is 335 g/mol. The molecule has 3 aromatic rings. The summed E-state index contributed by atoms with van der Waals surface area (Å²) >= 11 is 0. The van der Waals surface area contributed by atoms with E-state index in [-0.39, 0.29) is 18.1 Å². The summed E-state index contributed by atoms with van der Waals surface area (Å²) in [5, 5.41) is 2.59. The molecule has 128 valence electrons. The van der Waals surface area contributed by atoms with Gasteiger partial charge in [0.25, 0.3) is 0 Å². The smallest absolute Gasteiger partial charge is 0.347 e. The molecule has 1 amide bonds. The van der Waals surface area contributed by atoms with Crippen molar-refractivity contribution in [1.82, 2.24) is 24.7 Å². The number of carbonyl (C=O) groups is 1. The number of rotatable bonds is 4. The van der Waals surface area contributed by atoms with Gasteiger partial charge < -0.3 is 9.72 Å². The van der Waals surface area contributed by atoms with Gasteiger partial charge >= 0.3 is 6.18 Å². The molecule has 3 aromatic heterocycles. The van der Waals surface area contributed by atoms with Crippen LogP contribution in [0, 0.1) is 0 Å². The van der Waals surface area contributed by atoms with E-state index in [0.717, 1.165) is 18.3 Å². The zero-order valence-corrected chi connectivity index (χ0v) is 12.8. The molecule has 0 aromatic carbocycles. The van der Waals surface area contributed by atoms with Gasteiger partial charge in [0.05, 0.1) is 23.5 Å². The van der Waals surface area contributed by atoms with Gasteiger partial charge in [-0.25, -0.2) is 9.97 Å². The number of hydrogen-bond donors (Lipinski definition) is 1. The number of halogens is 3. The van der Waals surface area contributed by atoms with Gasteiger partial charge in [-0.15, -0.1) is 0 Å². The number of fused-ring (bicyclic) bond motifs is 1. The van der Waals surface area contributed by atoms with Crippen LogP contribution >= 0.6 is 0 Å². The van der Waals surface area contributed by atoms with Gasteiger partial charge in [0.15, 0.2) is 5.65 Å². The summed E-state index contributed by atoms with van der Waals surface area (Å²) in [7, 11) is 0. The number of hydrogen-bond acceptors (Lipinski definition) is 4. The number of nitrogens with zero attached hydrogens (tertiary/aromatic N) is 4. The topological polar surface area (TPSA) is 72.2 Å². The van der Waals surface area contributed by atoms with Crippen molar-refractivity contribution < 1.29 is 18.0 Å². The number of aromatic nitrogens is 4. The standard InChI is InChI=1S/C16H12F3N5O/c1-2-13(25)22-8-11-9-24-6-5-20-15(24)14(23-11)12-4-3-10(7-21-12)16(17,18)19/h2-7,9H,1,8H2,(H,22,25). The summed E-state index contributed by atoms with van der Waals surface area (Å²) in [6.07, 6.45) is 2.30. The second-order valence-electron chi connectivity index (χ2n) is 5.09. The van der Waals surface area contributed by atoms with Crippen molar-refractivity contribution in [1.29, 1.82) is 0 Å². The van der Waals surface area contributed by atoms with Crippen LogP contribution in [0.5, 0.6) is 0 Å². The SMILES string of the molecule is C=CC(=O)NCc1cn2ccnc2c(-c2ccc(C(F)(F)F)cn2)n1. The van der Waals surface area contributed by atoms with Crippen molar-refractivity contribution in [2.45, 2.75) is 12.7 Å². The Morgan fingerprint density at radius 3 is 2.76 bits per heavy atom. The van der Waals surface area contributed by atoms with Gasteiger partial charge in [-0.3, -0.25) is 9.78 Å². The highest BCUT2D eigenvalue weighted by atomic mass is 19.4. The van der Waals surface area contributed by atoms with Crippen LogP contribution in [0.2, 0.25) is 0 Å². The molecule has 0 aliphatic carbocycles. The van der Waals surface area contributed by atoms with Gasteiger partial charge in [0.2, 0.25) is 5.91 Å². The molecule has 25 heavy (non-hydrogen) atoms. The first kappa shape index (κ1) is 16.6. The van der Waals surface area contributed by atoms with Crippen LogP contribution in [0.15, 0.2) is 49.6 Å². The molecule has 0 bridgehead atoms. The summed E-state index contributed by atoms with van der Waals surface area (Å²) in [5.74, 6) is -0.360. The van der Waals surface area contributed by atoms with E-state index in [2.05, 4.69) is 26.8 Å². The predicted octanol–water partition coefficient (Wildman–Crippen LogP) is 2.61. The Labute approximate surface area is 140 Å². The Balaban J connectivity index is 2.01.